The van der Waals surface area contributed by atoms with E-state index in [9.17, 15) is 10.1 Å². The van der Waals surface area contributed by atoms with Gasteiger partial charge in [0.15, 0.2) is 0 Å². The maximum absolute atomic E-state index is 10.9. The number of aromatic nitrogens is 1. The third kappa shape index (κ3) is 3.18. The first kappa shape index (κ1) is 13.2. The number of thiophene rings is 1. The molecular weight excluding hydrogens is 266 g/mol. The Morgan fingerprint density at radius 2 is 2.37 bits per heavy atom. The summed E-state index contributed by atoms with van der Waals surface area (Å²) in [6, 6.07) is 6.68. The first-order chi connectivity index (χ1) is 9.10. The molecule has 0 aliphatic heterocycles. The van der Waals surface area contributed by atoms with E-state index in [0.29, 0.717) is 12.4 Å². The van der Waals surface area contributed by atoms with Crippen LogP contribution in [-0.2, 0) is 6.54 Å². The van der Waals surface area contributed by atoms with Gasteiger partial charge in [0.1, 0.15) is 11.6 Å². The predicted octanol–water partition coefficient (Wildman–Crippen LogP) is 1.97. The molecule has 0 saturated heterocycles. The average molecular weight is 279 g/mol. The van der Waals surface area contributed by atoms with Gasteiger partial charge in [-0.05, 0) is 11.4 Å². The molecule has 0 bridgehead atoms. The van der Waals surface area contributed by atoms with Gasteiger partial charge in [-0.3, -0.25) is 10.1 Å². The van der Waals surface area contributed by atoms with Crippen molar-refractivity contribution in [2.45, 2.75) is 6.54 Å². The number of anilines is 2. The van der Waals surface area contributed by atoms with E-state index >= 15 is 0 Å². The molecule has 0 fully saturated rings. The Labute approximate surface area is 113 Å². The highest BCUT2D eigenvalue weighted by molar-refractivity contribution is 7.09. The van der Waals surface area contributed by atoms with Crippen LogP contribution in [0.15, 0.2) is 29.6 Å². The van der Waals surface area contributed by atoms with E-state index < -0.39 is 4.92 Å². The number of rotatable bonds is 5. The van der Waals surface area contributed by atoms with E-state index in [0.717, 1.165) is 4.88 Å². The fourth-order valence-corrected chi connectivity index (χ4v) is 2.35. The largest absolute Gasteiger partial charge is 0.354 e. The first-order valence-corrected chi connectivity index (χ1v) is 6.34. The Morgan fingerprint density at radius 3 is 2.95 bits per heavy atom. The summed E-state index contributed by atoms with van der Waals surface area (Å²) in [6.07, 6.45) is 0. The molecule has 3 N–H and O–H groups in total. The molecule has 0 unspecified atom stereocenters. The van der Waals surface area contributed by atoms with Gasteiger partial charge >= 0.3 is 0 Å². The summed E-state index contributed by atoms with van der Waals surface area (Å²) in [4.78, 5) is 17.6. The molecule has 2 rings (SSSR count). The highest BCUT2D eigenvalue weighted by atomic mass is 32.1. The van der Waals surface area contributed by atoms with Crippen LogP contribution >= 0.6 is 11.3 Å². The van der Waals surface area contributed by atoms with E-state index in [4.69, 9.17) is 5.84 Å². The van der Waals surface area contributed by atoms with Gasteiger partial charge in [-0.1, -0.05) is 6.07 Å². The fourth-order valence-electron chi connectivity index (χ4n) is 1.59. The molecule has 0 saturated carbocycles. The lowest BCUT2D eigenvalue weighted by atomic mass is 10.3. The van der Waals surface area contributed by atoms with Crippen molar-refractivity contribution in [1.29, 1.82) is 0 Å². The van der Waals surface area contributed by atoms with Gasteiger partial charge in [0.2, 0.25) is 0 Å². The summed E-state index contributed by atoms with van der Waals surface area (Å²) < 4.78 is 0. The number of nitrogens with one attached hydrogen (secondary N) is 1. The number of hydrogen-bond acceptors (Lipinski definition) is 7. The predicted molar refractivity (Wildman–Crippen MR) is 75.1 cm³/mol. The van der Waals surface area contributed by atoms with Crippen molar-refractivity contribution in [2.24, 2.45) is 5.84 Å². The zero-order valence-electron chi connectivity index (χ0n) is 10.2. The number of nitrogens with two attached hydrogens (primary N) is 1. The second-order valence-corrected chi connectivity index (χ2v) is 4.94. The maximum atomic E-state index is 10.9. The number of hydrazine groups is 1. The maximum Gasteiger partial charge on any atom is 0.276 e. The molecule has 0 aromatic carbocycles. The van der Waals surface area contributed by atoms with Crippen molar-refractivity contribution in [2.75, 3.05) is 17.4 Å². The summed E-state index contributed by atoms with van der Waals surface area (Å²) in [7, 11) is 1.83. The quantitative estimate of drug-likeness (QED) is 0.493. The zero-order valence-corrected chi connectivity index (χ0v) is 11.1. The molecule has 0 aliphatic carbocycles. The Kier molecular flexibility index (Phi) is 3.93. The summed E-state index contributed by atoms with van der Waals surface area (Å²) in [5, 5.41) is 12.8. The Morgan fingerprint density at radius 1 is 1.58 bits per heavy atom. The van der Waals surface area contributed by atoms with Crippen LogP contribution in [0.1, 0.15) is 4.88 Å². The Hall–Kier alpha value is -2.19. The molecule has 7 nitrogen and oxygen atoms in total. The Bertz CT molecular complexity index is 572. The fraction of sp³-hybridized carbons (Fsp3) is 0.182. The minimum Gasteiger partial charge on any atom is -0.354 e. The van der Waals surface area contributed by atoms with Crippen molar-refractivity contribution in [3.8, 4) is 0 Å². The Balaban J connectivity index is 2.27. The van der Waals surface area contributed by atoms with Gasteiger partial charge in [0.05, 0.1) is 23.6 Å². The molecule has 0 spiro atoms. The van der Waals surface area contributed by atoms with Crippen LogP contribution in [0.4, 0.5) is 17.3 Å². The zero-order chi connectivity index (χ0) is 13.8. The second kappa shape index (κ2) is 5.63. The van der Waals surface area contributed by atoms with Gasteiger partial charge < -0.3 is 10.3 Å². The van der Waals surface area contributed by atoms with E-state index in [-0.39, 0.29) is 11.5 Å². The van der Waals surface area contributed by atoms with Gasteiger partial charge in [0, 0.05) is 11.9 Å². The molecule has 2 heterocycles. The molecule has 19 heavy (non-hydrogen) atoms. The smallest absolute Gasteiger partial charge is 0.276 e. The second-order valence-electron chi connectivity index (χ2n) is 3.91. The molecule has 2 aromatic heterocycles. The standard InChI is InChI=1S/C11H13N5O2S/c1-15(7-9-3-2-4-19-9)11-6-8(16(17)18)5-10(13-11)14-12/h2-6H,7,12H2,1H3,(H,13,14). The number of nitrogens with zero attached hydrogens (tertiary/aromatic N) is 3. The third-order valence-corrected chi connectivity index (χ3v) is 3.38. The summed E-state index contributed by atoms with van der Waals surface area (Å²) in [5.41, 5.74) is 2.29. The first-order valence-electron chi connectivity index (χ1n) is 5.47. The summed E-state index contributed by atoms with van der Waals surface area (Å²) in [5.74, 6) is 6.03. The molecule has 0 aliphatic rings. The summed E-state index contributed by atoms with van der Waals surface area (Å²) >= 11 is 1.62. The van der Waals surface area contributed by atoms with Gasteiger partial charge in [0.25, 0.3) is 5.69 Å². The van der Waals surface area contributed by atoms with Crippen LogP contribution in [0.25, 0.3) is 0 Å². The lowest BCUT2D eigenvalue weighted by Crippen LogP contribution is -2.18. The topological polar surface area (TPSA) is 97.3 Å². The minimum absolute atomic E-state index is 0.0454. The van der Waals surface area contributed by atoms with Crippen molar-refractivity contribution in [3.05, 3.63) is 44.6 Å². The molecular formula is C11H13N5O2S. The van der Waals surface area contributed by atoms with Crippen LogP contribution in [-0.4, -0.2) is 17.0 Å². The third-order valence-electron chi connectivity index (χ3n) is 2.52. The normalized spacial score (nSPS) is 10.2. The molecule has 0 atom stereocenters. The lowest BCUT2D eigenvalue weighted by molar-refractivity contribution is -0.384. The lowest BCUT2D eigenvalue weighted by Gasteiger charge is -2.17. The van der Waals surface area contributed by atoms with Gasteiger partial charge in [-0.2, -0.15) is 0 Å². The average Bonchev–Trinajstić information content (AvgIpc) is 2.90. The van der Waals surface area contributed by atoms with Crippen LogP contribution in [0.2, 0.25) is 0 Å². The molecule has 8 heteroatoms. The highest BCUT2D eigenvalue weighted by Crippen LogP contribution is 2.24. The molecule has 100 valence electrons. The van der Waals surface area contributed by atoms with Crippen molar-refractivity contribution in [1.82, 2.24) is 4.98 Å². The van der Waals surface area contributed by atoms with E-state index in [1.807, 2.05) is 29.5 Å². The number of nitro groups is 1. The van der Waals surface area contributed by atoms with Crippen LogP contribution < -0.4 is 16.2 Å². The number of pyridine rings is 1. The monoisotopic (exact) mass is 279 g/mol. The van der Waals surface area contributed by atoms with Crippen LogP contribution in [0.3, 0.4) is 0 Å². The molecule has 0 amide bonds. The van der Waals surface area contributed by atoms with Gasteiger partial charge in [-0.25, -0.2) is 10.8 Å². The van der Waals surface area contributed by atoms with E-state index in [1.165, 1.54) is 12.1 Å². The summed E-state index contributed by atoms with van der Waals surface area (Å²) in [6.45, 7) is 0.635. The van der Waals surface area contributed by atoms with Crippen molar-refractivity contribution in [3.63, 3.8) is 0 Å². The van der Waals surface area contributed by atoms with Crippen molar-refractivity contribution < 1.29 is 4.92 Å². The van der Waals surface area contributed by atoms with E-state index in [2.05, 4.69) is 10.4 Å². The van der Waals surface area contributed by atoms with Crippen LogP contribution in [0, 0.1) is 10.1 Å². The SMILES string of the molecule is CN(Cc1cccs1)c1cc([N+](=O)[O-])cc(NN)n1. The van der Waals surface area contributed by atoms with E-state index in [1.54, 1.807) is 11.3 Å². The molecule has 2 aromatic rings. The minimum atomic E-state index is -0.467. The highest BCUT2D eigenvalue weighted by Gasteiger charge is 2.13. The number of nitrogen functional groups attached to an aromatic ring is 1. The van der Waals surface area contributed by atoms with Gasteiger partial charge in [-0.15, -0.1) is 11.3 Å². The van der Waals surface area contributed by atoms with Crippen molar-refractivity contribution >= 4 is 28.7 Å². The molecule has 0 radical (unpaired) electrons. The van der Waals surface area contributed by atoms with Crippen LogP contribution in [0.5, 0.6) is 0 Å². The number of hydrogen-bond donors (Lipinski definition) is 2.